The van der Waals surface area contributed by atoms with Crippen LogP contribution in [0.1, 0.15) is 110 Å². The molecular weight excluding hydrogens is 815 g/mol. The number of hydrogen-bond donors (Lipinski definition) is 2. The highest BCUT2D eigenvalue weighted by atomic mass is 16.6. The van der Waals surface area contributed by atoms with Crippen molar-refractivity contribution in [2.45, 2.75) is 115 Å². The number of benzene rings is 4. The number of likely N-dealkylation sites (N-methyl/N-ethyl adjacent to an activating group) is 1. The monoisotopic (exact) mass is 882 g/mol. The minimum absolute atomic E-state index is 0.0132. The van der Waals surface area contributed by atoms with Crippen LogP contribution in [0.25, 0.3) is 11.1 Å². The number of nitrogens with one attached hydrogen (secondary N) is 2. The van der Waals surface area contributed by atoms with Crippen LogP contribution in [0.2, 0.25) is 0 Å². The highest BCUT2D eigenvalue weighted by molar-refractivity contribution is 5.96. The Bertz CT molecular complexity index is 2220. The summed E-state index contributed by atoms with van der Waals surface area (Å²) in [5.74, 6) is -0.630. The number of hydrogen-bond acceptors (Lipinski definition) is 6. The third kappa shape index (κ3) is 12.9. The number of carbonyl (C=O) groups is 5. The van der Waals surface area contributed by atoms with Crippen molar-refractivity contribution in [1.29, 1.82) is 0 Å². The van der Waals surface area contributed by atoms with Gasteiger partial charge in [-0.1, -0.05) is 104 Å². The first kappa shape index (κ1) is 47.0. The molecule has 3 aliphatic rings. The van der Waals surface area contributed by atoms with E-state index < -0.39 is 23.8 Å². The molecule has 4 aromatic rings. The Hall–Kier alpha value is -5.97. The van der Waals surface area contributed by atoms with Gasteiger partial charge in [-0.3, -0.25) is 24.1 Å². The second-order valence-corrected chi connectivity index (χ2v) is 19.2. The Morgan fingerprint density at radius 2 is 1.28 bits per heavy atom. The Labute approximate surface area is 385 Å². The lowest BCUT2D eigenvalue weighted by molar-refractivity contribution is -0.140. The summed E-state index contributed by atoms with van der Waals surface area (Å²) in [7, 11) is 1.62. The third-order valence-electron chi connectivity index (χ3n) is 13.2. The molecule has 0 spiro atoms. The van der Waals surface area contributed by atoms with Crippen LogP contribution >= 0.6 is 0 Å². The van der Waals surface area contributed by atoms with Crippen LogP contribution in [0, 0.1) is 11.8 Å². The second kappa shape index (κ2) is 21.8. The maximum absolute atomic E-state index is 14.9. The minimum atomic E-state index is -0.725. The lowest BCUT2D eigenvalue weighted by Gasteiger charge is -2.38. The fourth-order valence-electron chi connectivity index (χ4n) is 9.46. The van der Waals surface area contributed by atoms with E-state index in [1.54, 1.807) is 27.8 Å². The van der Waals surface area contributed by atoms with Gasteiger partial charge in [-0.05, 0) is 130 Å². The van der Waals surface area contributed by atoms with Crippen LogP contribution in [-0.4, -0.2) is 101 Å². The van der Waals surface area contributed by atoms with E-state index in [-0.39, 0.29) is 41.5 Å². The van der Waals surface area contributed by atoms with Gasteiger partial charge < -0.3 is 25.2 Å². The van der Waals surface area contributed by atoms with Gasteiger partial charge in [-0.2, -0.15) is 0 Å². The molecule has 7 rings (SSSR count). The summed E-state index contributed by atoms with van der Waals surface area (Å²) in [4.78, 5) is 75.0. The first-order valence-electron chi connectivity index (χ1n) is 23.8. The number of rotatable bonds is 17. The van der Waals surface area contributed by atoms with Gasteiger partial charge in [0.05, 0.1) is 0 Å². The maximum atomic E-state index is 14.9. The molecule has 65 heavy (non-hydrogen) atoms. The van der Waals surface area contributed by atoms with Crippen LogP contribution in [0.5, 0.6) is 0 Å². The van der Waals surface area contributed by atoms with Gasteiger partial charge >= 0.3 is 6.09 Å². The van der Waals surface area contributed by atoms with Gasteiger partial charge in [0.2, 0.25) is 11.8 Å². The fourth-order valence-corrected chi connectivity index (χ4v) is 9.46. The zero-order valence-corrected chi connectivity index (χ0v) is 38.7. The highest BCUT2D eigenvalue weighted by Crippen LogP contribution is 2.37. The number of ether oxygens (including phenoxy) is 1. The van der Waals surface area contributed by atoms with E-state index in [1.165, 1.54) is 10.5 Å². The average molecular weight is 882 g/mol. The summed E-state index contributed by atoms with van der Waals surface area (Å²) >= 11 is 0. The predicted molar refractivity (Wildman–Crippen MR) is 254 cm³/mol. The SMILES string of the molecule is CN(C(=O)OC(C)(C)C)[C@H](C(=O)N[C@H](C(=O)N1CCC[C@H]1CN(CCc1ccccc1)C(=O)c1ccc(-c2ccc(C(=O)NCCc3ccccc3)cc2)cc1)C1CCCCC1)C1CC1. The molecule has 0 unspecified atom stereocenters. The summed E-state index contributed by atoms with van der Waals surface area (Å²) in [6.45, 7) is 7.36. The second-order valence-electron chi connectivity index (χ2n) is 19.2. The van der Waals surface area contributed by atoms with Crippen LogP contribution < -0.4 is 10.6 Å². The van der Waals surface area contributed by atoms with E-state index in [0.717, 1.165) is 80.9 Å². The largest absolute Gasteiger partial charge is 0.444 e. The highest BCUT2D eigenvalue weighted by Gasteiger charge is 2.45. The minimum Gasteiger partial charge on any atom is -0.444 e. The first-order valence-corrected chi connectivity index (χ1v) is 23.8. The van der Waals surface area contributed by atoms with E-state index in [4.69, 9.17) is 4.74 Å². The molecule has 2 aliphatic carbocycles. The third-order valence-corrected chi connectivity index (χ3v) is 13.2. The normalized spacial score (nSPS) is 17.4. The zero-order chi connectivity index (χ0) is 45.9. The Morgan fingerprint density at radius 3 is 1.86 bits per heavy atom. The predicted octanol–water partition coefficient (Wildman–Crippen LogP) is 8.71. The topological polar surface area (TPSA) is 128 Å². The van der Waals surface area contributed by atoms with Crippen molar-refractivity contribution >= 4 is 29.7 Å². The number of likely N-dealkylation sites (tertiary alicyclic amines) is 1. The van der Waals surface area contributed by atoms with Gasteiger partial charge in [-0.15, -0.1) is 0 Å². The van der Waals surface area contributed by atoms with Crippen LogP contribution in [0.4, 0.5) is 4.79 Å². The van der Waals surface area contributed by atoms with Crippen LogP contribution in [0.15, 0.2) is 109 Å². The number of carbonyl (C=O) groups excluding carboxylic acids is 5. The van der Waals surface area contributed by atoms with Crippen molar-refractivity contribution < 1.29 is 28.7 Å². The standard InChI is InChI=1S/C54H67N5O6/c1-54(2,3)65-53(64)57(4)48(43-26-27-43)50(61)56-47(42-19-12-7-13-20-42)52(63)59-35-14-21-46(59)37-58(36-33-39-17-10-6-11-18-39)51(62)45-30-24-41(25-31-45)40-22-28-44(29-23-40)49(60)55-34-32-38-15-8-5-9-16-38/h5-6,8-11,15-18,22-25,28-31,42-43,46-48H,7,12-14,19-21,26-27,32-37H2,1-4H3,(H,55,60)(H,56,61)/t46-,47-,48-/m0/s1. The van der Waals surface area contributed by atoms with E-state index >= 15 is 0 Å². The fraction of sp³-hybridized carbons (Fsp3) is 0.463. The van der Waals surface area contributed by atoms with Crippen LogP contribution in [0.3, 0.4) is 0 Å². The Morgan fingerprint density at radius 1 is 0.692 bits per heavy atom. The van der Waals surface area contributed by atoms with E-state index in [1.807, 2.05) is 107 Å². The lowest BCUT2D eigenvalue weighted by atomic mass is 9.83. The molecule has 1 saturated heterocycles. The van der Waals surface area contributed by atoms with E-state index in [0.29, 0.717) is 43.7 Å². The lowest BCUT2D eigenvalue weighted by Crippen LogP contribution is -2.59. The summed E-state index contributed by atoms with van der Waals surface area (Å²) in [6.07, 6.45) is 8.87. The molecular formula is C54H67N5O6. The van der Waals surface area contributed by atoms with Crippen molar-refractivity contribution in [3.63, 3.8) is 0 Å². The van der Waals surface area contributed by atoms with E-state index in [2.05, 4.69) is 22.8 Å². The van der Waals surface area contributed by atoms with Gasteiger partial charge in [0.25, 0.3) is 11.8 Å². The smallest absolute Gasteiger partial charge is 0.410 e. The van der Waals surface area contributed by atoms with Crippen molar-refractivity contribution in [2.75, 3.05) is 33.2 Å². The van der Waals surface area contributed by atoms with Crippen molar-refractivity contribution in [2.24, 2.45) is 11.8 Å². The molecule has 344 valence electrons. The van der Waals surface area contributed by atoms with E-state index in [9.17, 15) is 24.0 Å². The van der Waals surface area contributed by atoms with Gasteiger partial charge in [0, 0.05) is 50.4 Å². The van der Waals surface area contributed by atoms with Gasteiger partial charge in [-0.25, -0.2) is 4.79 Å². The molecule has 3 fully saturated rings. The van der Waals surface area contributed by atoms with Crippen molar-refractivity contribution in [3.8, 4) is 11.1 Å². The molecule has 0 bridgehead atoms. The molecule has 11 heteroatoms. The zero-order valence-electron chi connectivity index (χ0n) is 38.7. The molecule has 1 aliphatic heterocycles. The Kier molecular flexibility index (Phi) is 15.8. The first-order chi connectivity index (χ1) is 31.3. The summed E-state index contributed by atoms with van der Waals surface area (Å²) in [5.41, 5.74) is 4.59. The van der Waals surface area contributed by atoms with Crippen molar-refractivity contribution in [1.82, 2.24) is 25.3 Å². The summed E-state index contributed by atoms with van der Waals surface area (Å²) in [5, 5.41) is 6.22. The molecule has 5 amide bonds. The molecule has 1 heterocycles. The molecule has 0 radical (unpaired) electrons. The van der Waals surface area contributed by atoms with Gasteiger partial charge in [0.15, 0.2) is 0 Å². The molecule has 11 nitrogen and oxygen atoms in total. The quantitative estimate of drug-likeness (QED) is 0.109. The van der Waals surface area contributed by atoms with Crippen LogP contribution in [-0.2, 0) is 27.2 Å². The maximum Gasteiger partial charge on any atom is 0.410 e. The number of amides is 5. The number of nitrogens with zero attached hydrogens (tertiary/aromatic N) is 3. The summed E-state index contributed by atoms with van der Waals surface area (Å²) in [6, 6.07) is 33.6. The Balaban J connectivity index is 1.04. The summed E-state index contributed by atoms with van der Waals surface area (Å²) < 4.78 is 5.65. The molecule has 2 saturated carbocycles. The average Bonchev–Trinajstić information content (AvgIpc) is 4.04. The molecule has 2 N–H and O–H groups in total. The molecule has 0 aromatic heterocycles. The molecule has 3 atom stereocenters. The molecule has 4 aromatic carbocycles. The van der Waals surface area contributed by atoms with Gasteiger partial charge in [0.1, 0.15) is 17.7 Å². The van der Waals surface area contributed by atoms with Crippen molar-refractivity contribution in [3.05, 3.63) is 131 Å².